The molecule has 3 rings (SSSR count). The van der Waals surface area contributed by atoms with Gasteiger partial charge in [0, 0.05) is 11.8 Å². The Kier molecular flexibility index (Phi) is 4.52. The number of anilines is 1. The Hall–Kier alpha value is -2.88. The van der Waals surface area contributed by atoms with Gasteiger partial charge < -0.3 is 10.1 Å². The summed E-state index contributed by atoms with van der Waals surface area (Å²) >= 11 is 0. The third kappa shape index (κ3) is 3.66. The van der Waals surface area contributed by atoms with Gasteiger partial charge >= 0.3 is 5.97 Å². The van der Waals surface area contributed by atoms with Crippen LogP contribution in [0.25, 0.3) is 10.9 Å². The van der Waals surface area contributed by atoms with Crippen molar-refractivity contribution < 1.29 is 9.53 Å². The van der Waals surface area contributed by atoms with Gasteiger partial charge in [0.2, 0.25) is 0 Å². The molecule has 1 atom stereocenters. The fourth-order valence-corrected chi connectivity index (χ4v) is 2.51. The van der Waals surface area contributed by atoms with Crippen molar-refractivity contribution in [2.45, 2.75) is 12.5 Å². The molecule has 1 aromatic heterocycles. The number of hydrogen-bond acceptors (Lipinski definition) is 4. The third-order valence-electron chi connectivity index (χ3n) is 3.69. The molecule has 116 valence electrons. The number of pyridine rings is 1. The van der Waals surface area contributed by atoms with Crippen LogP contribution in [0.2, 0.25) is 0 Å². The van der Waals surface area contributed by atoms with Gasteiger partial charge in [-0.3, -0.25) is 0 Å². The molecule has 23 heavy (non-hydrogen) atoms. The molecule has 1 N–H and O–H groups in total. The molecule has 0 saturated carbocycles. The second-order valence-corrected chi connectivity index (χ2v) is 5.30. The minimum Gasteiger partial charge on any atom is -0.467 e. The van der Waals surface area contributed by atoms with Gasteiger partial charge in [-0.15, -0.1) is 0 Å². The molecule has 0 saturated heterocycles. The number of aromatic nitrogens is 1. The molecular weight excluding hydrogens is 288 g/mol. The number of carbonyl (C=O) groups excluding carboxylic acids is 1. The van der Waals surface area contributed by atoms with Crippen LogP contribution in [-0.2, 0) is 16.0 Å². The number of hydrogen-bond donors (Lipinski definition) is 1. The number of esters is 1. The van der Waals surface area contributed by atoms with E-state index in [1.807, 2.05) is 66.7 Å². The maximum absolute atomic E-state index is 12.1. The van der Waals surface area contributed by atoms with Gasteiger partial charge in [-0.1, -0.05) is 48.5 Å². The molecule has 4 heteroatoms. The van der Waals surface area contributed by atoms with E-state index in [2.05, 4.69) is 10.3 Å². The topological polar surface area (TPSA) is 51.2 Å². The zero-order valence-corrected chi connectivity index (χ0v) is 12.9. The van der Waals surface area contributed by atoms with Crippen molar-refractivity contribution in [1.29, 1.82) is 0 Å². The van der Waals surface area contributed by atoms with Crippen LogP contribution in [0.15, 0.2) is 66.7 Å². The van der Waals surface area contributed by atoms with Crippen molar-refractivity contribution >= 4 is 22.7 Å². The molecule has 4 nitrogen and oxygen atoms in total. The Balaban J connectivity index is 1.83. The molecule has 0 spiro atoms. The summed E-state index contributed by atoms with van der Waals surface area (Å²) in [7, 11) is 1.40. The highest BCUT2D eigenvalue weighted by Gasteiger charge is 2.20. The van der Waals surface area contributed by atoms with Gasteiger partial charge in [0.05, 0.1) is 12.6 Å². The average molecular weight is 306 g/mol. The normalized spacial score (nSPS) is 11.9. The Bertz CT molecular complexity index is 803. The summed E-state index contributed by atoms with van der Waals surface area (Å²) in [6.45, 7) is 0. The lowest BCUT2D eigenvalue weighted by atomic mass is 10.1. The zero-order chi connectivity index (χ0) is 16.1. The molecule has 1 heterocycles. The average Bonchev–Trinajstić information content (AvgIpc) is 2.61. The van der Waals surface area contributed by atoms with Gasteiger partial charge in [-0.05, 0) is 23.8 Å². The van der Waals surface area contributed by atoms with Crippen LogP contribution in [0.1, 0.15) is 5.56 Å². The fourth-order valence-electron chi connectivity index (χ4n) is 2.51. The van der Waals surface area contributed by atoms with Crippen LogP contribution in [0, 0.1) is 0 Å². The van der Waals surface area contributed by atoms with Crippen LogP contribution in [0.4, 0.5) is 5.82 Å². The lowest BCUT2D eigenvalue weighted by Crippen LogP contribution is -2.33. The monoisotopic (exact) mass is 306 g/mol. The third-order valence-corrected chi connectivity index (χ3v) is 3.69. The number of carbonyl (C=O) groups is 1. The molecule has 0 fully saturated rings. The van der Waals surface area contributed by atoms with Crippen molar-refractivity contribution in [3.8, 4) is 0 Å². The maximum atomic E-state index is 12.1. The van der Waals surface area contributed by atoms with Crippen molar-refractivity contribution in [1.82, 2.24) is 4.98 Å². The predicted octanol–water partition coefficient (Wildman–Crippen LogP) is 3.43. The SMILES string of the molecule is COC(=O)[C@H](Cc1ccccc1)Nc1ccc2ccccc2n1. The summed E-state index contributed by atoms with van der Waals surface area (Å²) in [5.41, 5.74) is 1.96. The van der Waals surface area contributed by atoms with Crippen LogP contribution < -0.4 is 5.32 Å². The Morgan fingerprint density at radius 2 is 1.78 bits per heavy atom. The first-order valence-electron chi connectivity index (χ1n) is 7.50. The molecule has 0 aliphatic rings. The summed E-state index contributed by atoms with van der Waals surface area (Å²) in [5, 5.41) is 4.25. The summed E-state index contributed by atoms with van der Waals surface area (Å²) < 4.78 is 4.92. The lowest BCUT2D eigenvalue weighted by molar-refractivity contribution is -0.141. The molecule has 3 aromatic rings. The number of methoxy groups -OCH3 is 1. The second kappa shape index (κ2) is 6.92. The van der Waals surface area contributed by atoms with E-state index >= 15 is 0 Å². The van der Waals surface area contributed by atoms with E-state index in [4.69, 9.17) is 4.74 Å². The largest absolute Gasteiger partial charge is 0.467 e. The Labute approximate surface area is 135 Å². The highest BCUT2D eigenvalue weighted by Crippen LogP contribution is 2.16. The summed E-state index contributed by atoms with van der Waals surface area (Å²) in [6.07, 6.45) is 0.544. The number of benzene rings is 2. The summed E-state index contributed by atoms with van der Waals surface area (Å²) in [6, 6.07) is 21.1. The van der Waals surface area contributed by atoms with Gasteiger partial charge in [-0.2, -0.15) is 0 Å². The van der Waals surface area contributed by atoms with E-state index < -0.39 is 6.04 Å². The number of nitrogens with zero attached hydrogens (tertiary/aromatic N) is 1. The molecule has 0 amide bonds. The molecule has 0 aliphatic heterocycles. The maximum Gasteiger partial charge on any atom is 0.328 e. The fraction of sp³-hybridized carbons (Fsp3) is 0.158. The second-order valence-electron chi connectivity index (χ2n) is 5.30. The van der Waals surface area contributed by atoms with Gasteiger partial charge in [0.1, 0.15) is 11.9 Å². The lowest BCUT2D eigenvalue weighted by Gasteiger charge is -2.17. The van der Waals surface area contributed by atoms with Crippen LogP contribution in [0.5, 0.6) is 0 Å². The molecule has 0 bridgehead atoms. The molecular formula is C19H18N2O2. The minimum absolute atomic E-state index is 0.302. The highest BCUT2D eigenvalue weighted by molar-refractivity contribution is 5.82. The number of rotatable bonds is 5. The van der Waals surface area contributed by atoms with E-state index in [0.717, 1.165) is 16.5 Å². The van der Waals surface area contributed by atoms with Crippen LogP contribution in [-0.4, -0.2) is 24.1 Å². The van der Waals surface area contributed by atoms with Gasteiger partial charge in [0.15, 0.2) is 0 Å². The van der Waals surface area contributed by atoms with Crippen molar-refractivity contribution in [3.05, 3.63) is 72.3 Å². The molecule has 0 aliphatic carbocycles. The summed E-state index contributed by atoms with van der Waals surface area (Å²) in [5.74, 6) is 0.360. The Morgan fingerprint density at radius 1 is 1.04 bits per heavy atom. The molecule has 2 aromatic carbocycles. The number of ether oxygens (including phenoxy) is 1. The predicted molar refractivity (Wildman–Crippen MR) is 91.3 cm³/mol. The quantitative estimate of drug-likeness (QED) is 0.734. The van der Waals surface area contributed by atoms with Crippen LogP contribution >= 0.6 is 0 Å². The van der Waals surface area contributed by atoms with E-state index in [-0.39, 0.29) is 5.97 Å². The van der Waals surface area contributed by atoms with Gasteiger partial charge in [-0.25, -0.2) is 9.78 Å². The standard InChI is InChI=1S/C19H18N2O2/c1-23-19(22)17(13-14-7-3-2-4-8-14)21-18-12-11-15-9-5-6-10-16(15)20-18/h2-12,17H,13H2,1H3,(H,20,21)/t17-/m0/s1. The number of fused-ring (bicyclic) bond motifs is 1. The van der Waals surface area contributed by atoms with Crippen LogP contribution in [0.3, 0.4) is 0 Å². The van der Waals surface area contributed by atoms with E-state index in [0.29, 0.717) is 12.2 Å². The van der Waals surface area contributed by atoms with E-state index in [1.54, 1.807) is 0 Å². The smallest absolute Gasteiger partial charge is 0.328 e. The molecule has 0 unspecified atom stereocenters. The van der Waals surface area contributed by atoms with Gasteiger partial charge in [0.25, 0.3) is 0 Å². The molecule has 0 radical (unpaired) electrons. The highest BCUT2D eigenvalue weighted by atomic mass is 16.5. The number of para-hydroxylation sites is 1. The first kappa shape index (κ1) is 15.0. The Morgan fingerprint density at radius 3 is 2.57 bits per heavy atom. The summed E-state index contributed by atoms with van der Waals surface area (Å²) in [4.78, 5) is 16.6. The zero-order valence-electron chi connectivity index (χ0n) is 12.9. The van der Waals surface area contributed by atoms with Crippen molar-refractivity contribution in [2.24, 2.45) is 0 Å². The first-order chi connectivity index (χ1) is 11.3. The van der Waals surface area contributed by atoms with E-state index in [9.17, 15) is 4.79 Å². The van der Waals surface area contributed by atoms with Crippen molar-refractivity contribution in [3.63, 3.8) is 0 Å². The van der Waals surface area contributed by atoms with E-state index in [1.165, 1.54) is 7.11 Å². The van der Waals surface area contributed by atoms with Crippen molar-refractivity contribution in [2.75, 3.05) is 12.4 Å². The number of nitrogens with one attached hydrogen (secondary N) is 1. The minimum atomic E-state index is -0.476. The first-order valence-corrected chi connectivity index (χ1v) is 7.50.